The van der Waals surface area contributed by atoms with Crippen LogP contribution in [0.2, 0.25) is 0 Å². The molecule has 0 aliphatic heterocycles. The van der Waals surface area contributed by atoms with E-state index in [1.807, 2.05) is 0 Å². The van der Waals surface area contributed by atoms with Crippen LogP contribution in [-0.2, 0) is 0 Å². The van der Waals surface area contributed by atoms with Gasteiger partial charge in [0.1, 0.15) is 6.33 Å². The number of nitrogens with zero attached hydrogens (tertiary/aromatic N) is 2. The zero-order valence-electron chi connectivity index (χ0n) is 15.1. The van der Waals surface area contributed by atoms with Crippen LogP contribution in [-0.4, -0.2) is 15.5 Å². The number of carbonyl (C=O) groups excluding carboxylic acids is 1. The molecule has 0 fully saturated rings. The molecule has 132 valence electrons. The molecule has 0 spiro atoms. The van der Waals surface area contributed by atoms with Crippen molar-refractivity contribution in [2.24, 2.45) is 0 Å². The molecule has 1 rings (SSSR count). The van der Waals surface area contributed by atoms with Crippen molar-refractivity contribution in [3.8, 4) is 0 Å². The zero-order valence-corrected chi connectivity index (χ0v) is 15.1. The Labute approximate surface area is 147 Å². The lowest BCUT2D eigenvalue weighted by molar-refractivity contribution is 0.0899. The van der Waals surface area contributed by atoms with Gasteiger partial charge >= 0.3 is 0 Å². The number of rotatable bonds is 13. The van der Waals surface area contributed by atoms with Crippen LogP contribution in [0.1, 0.15) is 75.9 Å². The average molecular weight is 328 g/mol. The van der Waals surface area contributed by atoms with Crippen molar-refractivity contribution in [1.82, 2.24) is 9.55 Å². The first kappa shape index (κ1) is 20.1. The maximum absolute atomic E-state index is 11.7. The Balaban J connectivity index is 1.92. The van der Waals surface area contributed by atoms with Gasteiger partial charge in [-0.3, -0.25) is 9.36 Å². The van der Waals surface area contributed by atoms with Gasteiger partial charge in [0.15, 0.2) is 0 Å². The predicted molar refractivity (Wildman–Crippen MR) is 102 cm³/mol. The van der Waals surface area contributed by atoms with Crippen LogP contribution >= 0.6 is 0 Å². The van der Waals surface area contributed by atoms with Crippen molar-refractivity contribution in [3.05, 3.63) is 55.2 Å². The van der Waals surface area contributed by atoms with Crippen molar-refractivity contribution < 1.29 is 4.79 Å². The van der Waals surface area contributed by atoms with Gasteiger partial charge in [-0.1, -0.05) is 56.2 Å². The summed E-state index contributed by atoms with van der Waals surface area (Å²) in [5, 5.41) is 0. The minimum atomic E-state index is 0.127. The SMILES string of the molecule is CCCCC/C=C\C/C=C\C/C=C\CCCCC(=O)n1ccnc1. The van der Waals surface area contributed by atoms with E-state index in [1.54, 1.807) is 23.3 Å². The molecule has 0 aromatic carbocycles. The van der Waals surface area contributed by atoms with E-state index >= 15 is 0 Å². The third-order valence-electron chi connectivity index (χ3n) is 3.82. The highest BCUT2D eigenvalue weighted by Crippen LogP contribution is 2.04. The summed E-state index contributed by atoms with van der Waals surface area (Å²) in [6.45, 7) is 2.24. The molecule has 0 N–H and O–H groups in total. The first-order valence-corrected chi connectivity index (χ1v) is 9.30. The van der Waals surface area contributed by atoms with Gasteiger partial charge in [0.25, 0.3) is 0 Å². The molecule has 0 amide bonds. The number of unbranched alkanes of at least 4 members (excludes halogenated alkanes) is 5. The fraction of sp³-hybridized carbons (Fsp3) is 0.524. The van der Waals surface area contributed by atoms with Crippen molar-refractivity contribution in [2.75, 3.05) is 0 Å². The molecule has 0 bridgehead atoms. The van der Waals surface area contributed by atoms with Crippen LogP contribution < -0.4 is 0 Å². The molecule has 0 saturated carbocycles. The van der Waals surface area contributed by atoms with Crippen LogP contribution in [0.25, 0.3) is 0 Å². The Morgan fingerprint density at radius 1 is 0.917 bits per heavy atom. The monoisotopic (exact) mass is 328 g/mol. The fourth-order valence-electron chi connectivity index (χ4n) is 2.36. The lowest BCUT2D eigenvalue weighted by Crippen LogP contribution is -2.07. The Hall–Kier alpha value is -1.90. The normalized spacial score (nSPS) is 12.0. The Morgan fingerprint density at radius 3 is 2.12 bits per heavy atom. The summed E-state index contributed by atoms with van der Waals surface area (Å²) in [5.74, 6) is 0.127. The van der Waals surface area contributed by atoms with Crippen LogP contribution in [0.4, 0.5) is 0 Å². The van der Waals surface area contributed by atoms with E-state index in [1.165, 1.54) is 25.7 Å². The summed E-state index contributed by atoms with van der Waals surface area (Å²) in [5.41, 5.74) is 0. The molecular formula is C21H32N2O. The molecule has 0 radical (unpaired) electrons. The van der Waals surface area contributed by atoms with E-state index in [0.717, 1.165) is 32.1 Å². The summed E-state index contributed by atoms with van der Waals surface area (Å²) in [6, 6.07) is 0. The highest BCUT2D eigenvalue weighted by Gasteiger charge is 2.02. The summed E-state index contributed by atoms with van der Waals surface area (Å²) in [4.78, 5) is 15.6. The Bertz CT molecular complexity index is 498. The maximum Gasteiger partial charge on any atom is 0.231 e. The molecule has 1 heterocycles. The number of allylic oxidation sites excluding steroid dienone is 6. The minimum absolute atomic E-state index is 0.127. The smallest absolute Gasteiger partial charge is 0.231 e. The molecule has 1 aromatic heterocycles. The van der Waals surface area contributed by atoms with Gasteiger partial charge in [0.2, 0.25) is 5.91 Å². The summed E-state index contributed by atoms with van der Waals surface area (Å²) in [6.07, 6.45) is 29.1. The van der Waals surface area contributed by atoms with Crippen LogP contribution in [0, 0.1) is 0 Å². The molecule has 3 nitrogen and oxygen atoms in total. The highest BCUT2D eigenvalue weighted by atomic mass is 16.2. The number of hydrogen-bond acceptors (Lipinski definition) is 2. The largest absolute Gasteiger partial charge is 0.276 e. The molecule has 24 heavy (non-hydrogen) atoms. The number of aromatic nitrogens is 2. The van der Waals surface area contributed by atoms with Crippen LogP contribution in [0.15, 0.2) is 55.2 Å². The van der Waals surface area contributed by atoms with Gasteiger partial charge < -0.3 is 0 Å². The lowest BCUT2D eigenvalue weighted by Gasteiger charge is -1.99. The molecule has 1 aromatic rings. The zero-order chi connectivity index (χ0) is 17.3. The summed E-state index contributed by atoms with van der Waals surface area (Å²) >= 11 is 0. The third kappa shape index (κ3) is 10.8. The van der Waals surface area contributed by atoms with Gasteiger partial charge in [0.05, 0.1) is 0 Å². The first-order valence-electron chi connectivity index (χ1n) is 9.30. The van der Waals surface area contributed by atoms with E-state index in [9.17, 15) is 4.79 Å². The van der Waals surface area contributed by atoms with Gasteiger partial charge in [-0.25, -0.2) is 4.98 Å². The average Bonchev–Trinajstić information content (AvgIpc) is 3.13. The van der Waals surface area contributed by atoms with Gasteiger partial charge in [-0.15, -0.1) is 0 Å². The van der Waals surface area contributed by atoms with Crippen molar-refractivity contribution in [2.45, 2.75) is 71.1 Å². The standard InChI is InChI=1S/C21H32N2O/c1-2-3-4-5-6-7-8-9-10-11-12-13-14-15-16-17-21(24)23-19-18-22-20-23/h6-7,9-10,12-13,18-20H,2-5,8,11,14-17H2,1H3/b7-6-,10-9-,13-12-. The van der Waals surface area contributed by atoms with E-state index in [4.69, 9.17) is 0 Å². The molecule has 3 heteroatoms. The Kier molecular flexibility index (Phi) is 12.3. The van der Waals surface area contributed by atoms with Crippen molar-refractivity contribution in [3.63, 3.8) is 0 Å². The number of hydrogen-bond donors (Lipinski definition) is 0. The van der Waals surface area contributed by atoms with E-state index in [0.29, 0.717) is 6.42 Å². The first-order chi connectivity index (χ1) is 11.8. The third-order valence-corrected chi connectivity index (χ3v) is 3.82. The molecule has 0 atom stereocenters. The second-order valence-electron chi connectivity index (χ2n) is 5.99. The second kappa shape index (κ2) is 14.7. The lowest BCUT2D eigenvalue weighted by atomic mass is 10.1. The second-order valence-corrected chi connectivity index (χ2v) is 5.99. The predicted octanol–water partition coefficient (Wildman–Crippen LogP) is 6.11. The van der Waals surface area contributed by atoms with E-state index in [2.05, 4.69) is 48.4 Å². The van der Waals surface area contributed by atoms with Gasteiger partial charge in [-0.05, 0) is 44.9 Å². The molecule has 0 saturated heterocycles. The minimum Gasteiger partial charge on any atom is -0.276 e. The van der Waals surface area contributed by atoms with Gasteiger partial charge in [-0.2, -0.15) is 0 Å². The fourth-order valence-corrected chi connectivity index (χ4v) is 2.36. The molecule has 0 aliphatic rings. The Morgan fingerprint density at radius 2 is 1.54 bits per heavy atom. The highest BCUT2D eigenvalue weighted by molar-refractivity contribution is 5.78. The van der Waals surface area contributed by atoms with Crippen molar-refractivity contribution >= 4 is 5.91 Å². The molecule has 0 aliphatic carbocycles. The summed E-state index contributed by atoms with van der Waals surface area (Å²) < 4.78 is 1.55. The molecule has 0 unspecified atom stereocenters. The van der Waals surface area contributed by atoms with Gasteiger partial charge in [0, 0.05) is 18.8 Å². The van der Waals surface area contributed by atoms with E-state index in [-0.39, 0.29) is 5.91 Å². The quantitative estimate of drug-likeness (QED) is 0.323. The topological polar surface area (TPSA) is 34.9 Å². The number of carbonyl (C=O) groups is 1. The maximum atomic E-state index is 11.7. The van der Waals surface area contributed by atoms with Crippen LogP contribution in [0.5, 0.6) is 0 Å². The molecular weight excluding hydrogens is 296 g/mol. The number of imidazole rings is 1. The van der Waals surface area contributed by atoms with Crippen LogP contribution in [0.3, 0.4) is 0 Å². The van der Waals surface area contributed by atoms with Crippen molar-refractivity contribution in [1.29, 1.82) is 0 Å². The summed E-state index contributed by atoms with van der Waals surface area (Å²) in [7, 11) is 0. The van der Waals surface area contributed by atoms with E-state index < -0.39 is 0 Å².